The molecule has 216 valence electrons. The number of hydrogen-bond acceptors (Lipinski definition) is 8. The smallest absolute Gasteiger partial charge is 0.326 e. The average molecular weight is 544 g/mol. The van der Waals surface area contributed by atoms with Crippen LogP contribution in [0, 0.1) is 5.92 Å². The molecule has 0 bridgehead atoms. The highest BCUT2D eigenvalue weighted by Gasteiger charge is 2.31. The minimum Gasteiger partial charge on any atom is -0.480 e. The third-order valence-corrected chi connectivity index (χ3v) is 5.15. The molecular formula is C21H41N11O6. The maximum atomic E-state index is 13.1. The molecule has 0 heterocycles. The lowest BCUT2D eigenvalue weighted by Gasteiger charge is -2.27. The van der Waals surface area contributed by atoms with Gasteiger partial charge in [0.1, 0.15) is 18.1 Å². The molecular weight excluding hydrogens is 502 g/mol. The van der Waals surface area contributed by atoms with Crippen LogP contribution in [-0.2, 0) is 24.0 Å². The summed E-state index contributed by atoms with van der Waals surface area (Å²) in [4.78, 5) is 68.7. The fourth-order valence-corrected chi connectivity index (χ4v) is 3.15. The molecule has 0 aliphatic carbocycles. The lowest BCUT2D eigenvalue weighted by atomic mass is 10.0. The molecule has 38 heavy (non-hydrogen) atoms. The minimum absolute atomic E-state index is 0.0142. The number of carbonyl (C=O) groups is 5. The second-order valence-corrected chi connectivity index (χ2v) is 8.87. The Labute approximate surface area is 220 Å². The number of rotatable bonds is 18. The van der Waals surface area contributed by atoms with Crippen molar-refractivity contribution in [1.29, 1.82) is 0 Å². The first-order valence-corrected chi connectivity index (χ1v) is 11.9. The summed E-state index contributed by atoms with van der Waals surface area (Å²) < 4.78 is 0. The van der Waals surface area contributed by atoms with E-state index in [9.17, 15) is 29.1 Å². The van der Waals surface area contributed by atoms with E-state index in [4.69, 9.17) is 34.4 Å². The van der Waals surface area contributed by atoms with E-state index in [0.717, 1.165) is 0 Å². The lowest BCUT2D eigenvalue weighted by molar-refractivity contribution is -0.143. The minimum atomic E-state index is -1.60. The van der Waals surface area contributed by atoms with Gasteiger partial charge < -0.3 is 55.5 Å². The number of nitrogens with one attached hydrogen (secondary N) is 3. The Balaban J connectivity index is 5.49. The van der Waals surface area contributed by atoms with Crippen LogP contribution in [0.25, 0.3) is 0 Å². The van der Waals surface area contributed by atoms with Crippen LogP contribution >= 0.6 is 0 Å². The Bertz CT molecular complexity index is 885. The third kappa shape index (κ3) is 14.4. The van der Waals surface area contributed by atoms with E-state index in [1.54, 1.807) is 13.8 Å². The number of aliphatic imine (C=N–C) groups is 2. The van der Waals surface area contributed by atoms with Crippen LogP contribution in [0.3, 0.4) is 0 Å². The molecule has 0 rings (SSSR count). The molecule has 0 aromatic heterocycles. The molecule has 16 N–H and O–H groups in total. The maximum Gasteiger partial charge on any atom is 0.326 e. The largest absolute Gasteiger partial charge is 0.480 e. The van der Waals surface area contributed by atoms with E-state index in [1.165, 1.54) is 0 Å². The van der Waals surface area contributed by atoms with Crippen molar-refractivity contribution < 1.29 is 29.1 Å². The lowest BCUT2D eigenvalue weighted by Crippen LogP contribution is -2.58. The molecule has 0 saturated carbocycles. The number of nitrogens with zero attached hydrogens (tertiary/aromatic N) is 2. The molecule has 0 radical (unpaired) electrons. The van der Waals surface area contributed by atoms with E-state index in [2.05, 4.69) is 25.9 Å². The van der Waals surface area contributed by atoms with Crippen molar-refractivity contribution in [3.63, 3.8) is 0 Å². The molecule has 0 fully saturated rings. The van der Waals surface area contributed by atoms with Crippen molar-refractivity contribution in [2.24, 2.45) is 50.3 Å². The fourth-order valence-electron chi connectivity index (χ4n) is 3.15. The van der Waals surface area contributed by atoms with Crippen LogP contribution < -0.4 is 50.4 Å². The maximum absolute atomic E-state index is 13.1. The summed E-state index contributed by atoms with van der Waals surface area (Å²) in [6.45, 7) is 3.76. The van der Waals surface area contributed by atoms with Gasteiger partial charge in [-0.05, 0) is 31.6 Å². The summed E-state index contributed by atoms with van der Waals surface area (Å²) in [7, 11) is 0. The normalized spacial score (nSPS) is 13.8. The predicted octanol–water partition coefficient (Wildman–Crippen LogP) is -4.51. The van der Waals surface area contributed by atoms with Crippen molar-refractivity contribution in [1.82, 2.24) is 16.0 Å². The predicted molar refractivity (Wildman–Crippen MR) is 140 cm³/mol. The first-order valence-electron chi connectivity index (χ1n) is 11.9. The van der Waals surface area contributed by atoms with Gasteiger partial charge in [0.05, 0.1) is 12.5 Å². The van der Waals surface area contributed by atoms with Gasteiger partial charge in [-0.25, -0.2) is 4.79 Å². The molecule has 17 heteroatoms. The Morgan fingerprint density at radius 1 is 0.737 bits per heavy atom. The molecule has 4 atom stereocenters. The van der Waals surface area contributed by atoms with Crippen LogP contribution in [-0.4, -0.2) is 83.9 Å². The third-order valence-electron chi connectivity index (χ3n) is 5.15. The fraction of sp³-hybridized carbons (Fsp3) is 0.667. The Hall–Kier alpha value is -4.15. The van der Waals surface area contributed by atoms with Gasteiger partial charge in [-0.15, -0.1) is 0 Å². The average Bonchev–Trinajstić information content (AvgIpc) is 2.80. The van der Waals surface area contributed by atoms with Crippen molar-refractivity contribution in [2.75, 3.05) is 13.1 Å². The number of carboxylic acids is 1. The van der Waals surface area contributed by atoms with Gasteiger partial charge in [0, 0.05) is 13.1 Å². The first kappa shape index (κ1) is 33.8. The van der Waals surface area contributed by atoms with Gasteiger partial charge in [-0.3, -0.25) is 29.2 Å². The van der Waals surface area contributed by atoms with Crippen LogP contribution in [0.15, 0.2) is 9.98 Å². The Morgan fingerprint density at radius 2 is 1.24 bits per heavy atom. The molecule has 17 nitrogen and oxygen atoms in total. The zero-order chi connectivity index (χ0) is 29.4. The zero-order valence-corrected chi connectivity index (χ0v) is 21.7. The second-order valence-electron chi connectivity index (χ2n) is 8.87. The van der Waals surface area contributed by atoms with Gasteiger partial charge in [0.15, 0.2) is 11.9 Å². The number of primary amides is 1. The van der Waals surface area contributed by atoms with E-state index in [0.29, 0.717) is 6.42 Å². The topological polar surface area (TPSA) is 323 Å². The number of amides is 4. The van der Waals surface area contributed by atoms with Crippen molar-refractivity contribution in [3.8, 4) is 0 Å². The summed E-state index contributed by atoms with van der Waals surface area (Å²) >= 11 is 0. The van der Waals surface area contributed by atoms with Crippen LogP contribution in [0.2, 0.25) is 0 Å². The summed E-state index contributed by atoms with van der Waals surface area (Å²) in [5.74, 6) is -5.25. The van der Waals surface area contributed by atoms with Crippen LogP contribution in [0.5, 0.6) is 0 Å². The van der Waals surface area contributed by atoms with Crippen molar-refractivity contribution in [2.45, 2.75) is 70.1 Å². The molecule has 4 unspecified atom stereocenters. The standard InChI is InChI=1S/C21H41N11O6/c1-10(2)15(32-16(34)11(22)5-3-7-28-20(24)25)18(36)30-12(6-4-8-29-21(26)27)17(35)31-13(19(37)38)9-14(23)33/h10-13,15H,3-9,22H2,1-2H3,(H2,23,33)(H,30,36)(H,31,35)(H,32,34)(H,37,38)(H4,24,25,28)(H4,26,27,29). The summed E-state index contributed by atoms with van der Waals surface area (Å²) in [5, 5.41) is 16.6. The molecule has 0 aromatic rings. The molecule has 0 saturated heterocycles. The van der Waals surface area contributed by atoms with E-state index in [-0.39, 0.29) is 44.3 Å². The summed E-state index contributed by atoms with van der Waals surface area (Å²) in [5.41, 5.74) is 32.1. The van der Waals surface area contributed by atoms with Gasteiger partial charge >= 0.3 is 5.97 Å². The number of guanidine groups is 2. The molecule has 4 amide bonds. The van der Waals surface area contributed by atoms with E-state index < -0.39 is 66.1 Å². The summed E-state index contributed by atoms with van der Waals surface area (Å²) in [6.07, 6.45) is 0.283. The molecule has 0 aliphatic rings. The van der Waals surface area contributed by atoms with Gasteiger partial charge in [-0.1, -0.05) is 13.8 Å². The summed E-state index contributed by atoms with van der Waals surface area (Å²) in [6, 6.07) is -4.85. The van der Waals surface area contributed by atoms with Gasteiger partial charge in [0.2, 0.25) is 23.6 Å². The van der Waals surface area contributed by atoms with Gasteiger partial charge in [-0.2, -0.15) is 0 Å². The number of nitrogens with two attached hydrogens (primary N) is 6. The second kappa shape index (κ2) is 17.3. The number of carboxylic acid groups (broad SMARTS) is 1. The number of carbonyl (C=O) groups excluding carboxylic acids is 4. The SMILES string of the molecule is CC(C)C(NC(=O)C(N)CCCN=C(N)N)C(=O)NC(CCCN=C(N)N)C(=O)NC(CC(N)=O)C(=O)O. The Kier molecular flexibility index (Phi) is 15.4. The highest BCUT2D eigenvalue weighted by molar-refractivity contribution is 5.95. The number of aliphatic carboxylic acids is 1. The Morgan fingerprint density at radius 3 is 1.68 bits per heavy atom. The monoisotopic (exact) mass is 543 g/mol. The van der Waals surface area contributed by atoms with E-state index >= 15 is 0 Å². The van der Waals surface area contributed by atoms with Gasteiger partial charge in [0.25, 0.3) is 0 Å². The molecule has 0 aromatic carbocycles. The highest BCUT2D eigenvalue weighted by atomic mass is 16.4. The quantitative estimate of drug-likeness (QED) is 0.0446. The number of hydrogen-bond donors (Lipinski definition) is 10. The van der Waals surface area contributed by atoms with Crippen LogP contribution in [0.1, 0.15) is 46.0 Å². The molecule has 0 aliphatic heterocycles. The van der Waals surface area contributed by atoms with Crippen molar-refractivity contribution in [3.05, 3.63) is 0 Å². The van der Waals surface area contributed by atoms with Crippen LogP contribution in [0.4, 0.5) is 0 Å². The zero-order valence-electron chi connectivity index (χ0n) is 21.7. The molecule has 0 spiro atoms. The highest BCUT2D eigenvalue weighted by Crippen LogP contribution is 2.07. The van der Waals surface area contributed by atoms with Crippen molar-refractivity contribution >= 4 is 41.5 Å². The van der Waals surface area contributed by atoms with E-state index in [1.807, 2.05) is 0 Å². The first-order chi connectivity index (χ1) is 17.6.